The average Bonchev–Trinajstić information content (AvgIpc) is 2.70. The quantitative estimate of drug-likeness (QED) is 0.491. The number of nitrogens with zero attached hydrogens (tertiary/aromatic N) is 2. The highest BCUT2D eigenvalue weighted by molar-refractivity contribution is 5.78. The molecule has 6 nitrogen and oxygen atoms in total. The number of carbonyl (C=O) groups excluding carboxylic acids is 1. The minimum Gasteiger partial charge on any atom is -0.395 e. The van der Waals surface area contributed by atoms with Gasteiger partial charge in [0, 0.05) is 25.0 Å². The Morgan fingerprint density at radius 2 is 1.71 bits per heavy atom. The van der Waals surface area contributed by atoms with Gasteiger partial charge in [0.05, 0.1) is 24.9 Å². The highest BCUT2D eigenvalue weighted by Crippen LogP contribution is 2.25. The van der Waals surface area contributed by atoms with Gasteiger partial charge in [-0.1, -0.05) is 46.0 Å². The summed E-state index contributed by atoms with van der Waals surface area (Å²) in [6.45, 7) is 6.31. The van der Waals surface area contributed by atoms with Gasteiger partial charge in [0.1, 0.15) is 0 Å². The molecule has 2 rings (SSSR count). The summed E-state index contributed by atoms with van der Waals surface area (Å²) >= 11 is 0. The monoisotopic (exact) mass is 398 g/mol. The molecule has 0 aromatic carbocycles. The molecule has 1 saturated carbocycles. The van der Waals surface area contributed by atoms with Crippen LogP contribution in [0.25, 0.3) is 0 Å². The molecule has 1 amide bonds. The molecule has 2 aliphatic rings. The molecule has 1 aliphatic carbocycles. The third-order valence-corrected chi connectivity index (χ3v) is 6.54. The van der Waals surface area contributed by atoms with E-state index >= 15 is 0 Å². The van der Waals surface area contributed by atoms with Gasteiger partial charge in [-0.25, -0.2) is 0 Å². The van der Waals surface area contributed by atoms with Gasteiger partial charge in [0.25, 0.3) is 0 Å². The van der Waals surface area contributed by atoms with Crippen LogP contribution in [-0.2, 0) is 4.79 Å². The summed E-state index contributed by atoms with van der Waals surface area (Å²) in [6.07, 6.45) is 9.32. The molecule has 0 aromatic heterocycles. The summed E-state index contributed by atoms with van der Waals surface area (Å²) in [4.78, 5) is 16.9. The maximum atomic E-state index is 12.6. The summed E-state index contributed by atoms with van der Waals surface area (Å²) in [5.41, 5.74) is 0. The van der Waals surface area contributed by atoms with Gasteiger partial charge >= 0.3 is 0 Å². The topological polar surface area (TPSA) is 84.2 Å². The first-order valence-corrected chi connectivity index (χ1v) is 11.5. The van der Waals surface area contributed by atoms with E-state index in [0.29, 0.717) is 18.4 Å². The second-order valence-electron chi connectivity index (χ2n) is 9.02. The minimum atomic E-state index is -0.857. The Morgan fingerprint density at radius 1 is 1.04 bits per heavy atom. The first-order valence-electron chi connectivity index (χ1n) is 11.5. The predicted molar refractivity (Wildman–Crippen MR) is 111 cm³/mol. The zero-order chi connectivity index (χ0) is 20.5. The lowest BCUT2D eigenvalue weighted by molar-refractivity contribution is -0.137. The summed E-state index contributed by atoms with van der Waals surface area (Å²) in [7, 11) is 0. The molecule has 1 saturated heterocycles. The number of amides is 1. The molecule has 3 N–H and O–H groups in total. The van der Waals surface area contributed by atoms with Crippen LogP contribution in [0.4, 0.5) is 0 Å². The van der Waals surface area contributed by atoms with Crippen LogP contribution < -0.4 is 0 Å². The molecule has 0 spiro atoms. The molecule has 3 atom stereocenters. The van der Waals surface area contributed by atoms with E-state index in [1.165, 1.54) is 19.3 Å². The van der Waals surface area contributed by atoms with E-state index in [2.05, 4.69) is 9.80 Å². The first kappa shape index (κ1) is 23.6. The number of rotatable bonds is 10. The fourth-order valence-corrected chi connectivity index (χ4v) is 4.76. The summed E-state index contributed by atoms with van der Waals surface area (Å²) in [5, 5.41) is 29.3. The van der Waals surface area contributed by atoms with E-state index in [1.807, 2.05) is 13.8 Å². The number of likely N-dealkylation sites (tertiary alicyclic amines) is 1. The van der Waals surface area contributed by atoms with Crippen molar-refractivity contribution in [1.29, 1.82) is 0 Å². The van der Waals surface area contributed by atoms with Crippen molar-refractivity contribution < 1.29 is 20.1 Å². The molecule has 6 heteroatoms. The SMILES string of the molecule is CC(C)C(=O)N(CCCCCCN1CC[C@@H](O)[C@H](O)[C@H]1CO)C1CCCCC1. The van der Waals surface area contributed by atoms with Crippen molar-refractivity contribution in [3.8, 4) is 0 Å². The van der Waals surface area contributed by atoms with E-state index in [-0.39, 0.29) is 18.6 Å². The molecule has 1 heterocycles. The van der Waals surface area contributed by atoms with Crippen LogP contribution in [0.3, 0.4) is 0 Å². The second kappa shape index (κ2) is 12.1. The molecule has 164 valence electrons. The van der Waals surface area contributed by atoms with Crippen LogP contribution in [0.2, 0.25) is 0 Å². The maximum Gasteiger partial charge on any atom is 0.225 e. The zero-order valence-electron chi connectivity index (χ0n) is 17.9. The van der Waals surface area contributed by atoms with Crippen LogP contribution in [0.5, 0.6) is 0 Å². The lowest BCUT2D eigenvalue weighted by Gasteiger charge is -2.40. The Kier molecular flexibility index (Phi) is 10.2. The van der Waals surface area contributed by atoms with E-state index in [0.717, 1.165) is 58.2 Å². The van der Waals surface area contributed by atoms with Crippen molar-refractivity contribution in [2.45, 2.75) is 102 Å². The van der Waals surface area contributed by atoms with Crippen molar-refractivity contribution in [3.05, 3.63) is 0 Å². The van der Waals surface area contributed by atoms with Gasteiger partial charge in [-0.2, -0.15) is 0 Å². The van der Waals surface area contributed by atoms with Crippen molar-refractivity contribution >= 4 is 5.91 Å². The summed E-state index contributed by atoms with van der Waals surface area (Å²) < 4.78 is 0. The lowest BCUT2D eigenvalue weighted by Crippen LogP contribution is -2.56. The van der Waals surface area contributed by atoms with Crippen LogP contribution in [0, 0.1) is 5.92 Å². The molecular formula is C22H42N2O4. The average molecular weight is 399 g/mol. The highest BCUT2D eigenvalue weighted by Gasteiger charge is 2.35. The fourth-order valence-electron chi connectivity index (χ4n) is 4.76. The smallest absolute Gasteiger partial charge is 0.225 e. The standard InChI is InChI=1S/C22H42N2O4/c1-17(2)22(28)24(18-10-6-5-7-11-18)14-9-4-3-8-13-23-15-12-20(26)21(27)19(23)16-25/h17-21,25-27H,3-16H2,1-2H3/t19-,20-,21-/m1/s1. The third kappa shape index (κ3) is 6.68. The molecular weight excluding hydrogens is 356 g/mol. The molecule has 0 radical (unpaired) electrons. The van der Waals surface area contributed by atoms with Crippen molar-refractivity contribution in [1.82, 2.24) is 9.80 Å². The first-order chi connectivity index (χ1) is 13.5. The molecule has 28 heavy (non-hydrogen) atoms. The number of piperidine rings is 1. The molecule has 1 aliphatic heterocycles. The van der Waals surface area contributed by atoms with Gasteiger partial charge in [-0.05, 0) is 38.6 Å². The van der Waals surface area contributed by atoms with Crippen LogP contribution in [0.15, 0.2) is 0 Å². The molecule has 2 fully saturated rings. The summed E-state index contributed by atoms with van der Waals surface area (Å²) in [5.74, 6) is 0.372. The number of hydrogen-bond acceptors (Lipinski definition) is 5. The fraction of sp³-hybridized carbons (Fsp3) is 0.955. The largest absolute Gasteiger partial charge is 0.395 e. The van der Waals surface area contributed by atoms with E-state index < -0.39 is 12.2 Å². The number of hydrogen-bond donors (Lipinski definition) is 3. The number of unbranched alkanes of at least 4 members (excludes halogenated alkanes) is 3. The Hall–Kier alpha value is -0.690. The summed E-state index contributed by atoms with van der Waals surface area (Å²) in [6, 6.07) is 0.0874. The normalized spacial score (nSPS) is 27.3. The van der Waals surface area contributed by atoms with E-state index in [9.17, 15) is 20.1 Å². The van der Waals surface area contributed by atoms with E-state index in [1.54, 1.807) is 0 Å². The molecule has 0 bridgehead atoms. The van der Waals surface area contributed by atoms with Crippen molar-refractivity contribution in [2.75, 3.05) is 26.2 Å². The molecule has 0 aromatic rings. The lowest BCUT2D eigenvalue weighted by atomic mass is 9.93. The highest BCUT2D eigenvalue weighted by atomic mass is 16.3. The number of aliphatic hydroxyl groups is 3. The van der Waals surface area contributed by atoms with Crippen molar-refractivity contribution in [2.24, 2.45) is 5.92 Å². The van der Waals surface area contributed by atoms with Gasteiger partial charge in [-0.3, -0.25) is 9.69 Å². The number of carbonyl (C=O) groups is 1. The predicted octanol–water partition coefficient (Wildman–Crippen LogP) is 2.15. The second-order valence-corrected chi connectivity index (χ2v) is 9.02. The van der Waals surface area contributed by atoms with Crippen LogP contribution in [0.1, 0.15) is 78.1 Å². The number of aliphatic hydroxyl groups excluding tert-OH is 3. The van der Waals surface area contributed by atoms with Gasteiger partial charge in [0.15, 0.2) is 0 Å². The van der Waals surface area contributed by atoms with Gasteiger partial charge in [0.2, 0.25) is 5.91 Å². The van der Waals surface area contributed by atoms with Crippen LogP contribution in [-0.4, -0.2) is 81.6 Å². The van der Waals surface area contributed by atoms with Crippen LogP contribution >= 0.6 is 0 Å². The Bertz CT molecular complexity index is 454. The Balaban J connectivity index is 1.69. The molecule has 0 unspecified atom stereocenters. The minimum absolute atomic E-state index is 0.0678. The zero-order valence-corrected chi connectivity index (χ0v) is 17.9. The maximum absolute atomic E-state index is 12.6. The van der Waals surface area contributed by atoms with E-state index in [4.69, 9.17) is 0 Å². The Labute approximate surface area is 170 Å². The third-order valence-electron chi connectivity index (χ3n) is 6.54. The van der Waals surface area contributed by atoms with Gasteiger partial charge < -0.3 is 20.2 Å². The van der Waals surface area contributed by atoms with Crippen molar-refractivity contribution in [3.63, 3.8) is 0 Å². The Morgan fingerprint density at radius 3 is 2.36 bits per heavy atom. The van der Waals surface area contributed by atoms with Gasteiger partial charge in [-0.15, -0.1) is 0 Å².